The summed E-state index contributed by atoms with van der Waals surface area (Å²) < 4.78 is 12.5. The number of carbonyl (C=O) groups is 1. The van der Waals surface area contributed by atoms with Crippen LogP contribution < -0.4 is 5.43 Å². The van der Waals surface area contributed by atoms with Crippen LogP contribution in [0.15, 0.2) is 41.3 Å². The molecule has 0 unspecified atom stereocenters. The molecule has 4 aromatic rings. The number of hydrogen-bond acceptors (Lipinski definition) is 6. The Hall–Kier alpha value is -3.33. The molecule has 0 spiro atoms. The highest BCUT2D eigenvalue weighted by Crippen LogP contribution is 2.41. The number of pyridine rings is 1. The van der Waals surface area contributed by atoms with Gasteiger partial charge in [0.25, 0.3) is 0 Å². The van der Waals surface area contributed by atoms with Crippen molar-refractivity contribution >= 4 is 28.7 Å². The Kier molecular flexibility index (Phi) is 3.94. The first kappa shape index (κ1) is 18.7. The van der Waals surface area contributed by atoms with E-state index in [0.717, 1.165) is 39.7 Å². The third kappa shape index (κ3) is 2.77. The summed E-state index contributed by atoms with van der Waals surface area (Å²) in [7, 11) is 0. The van der Waals surface area contributed by atoms with E-state index in [2.05, 4.69) is 29.5 Å². The van der Waals surface area contributed by atoms with E-state index >= 15 is 0 Å². The molecule has 0 saturated heterocycles. The van der Waals surface area contributed by atoms with Gasteiger partial charge in [-0.25, -0.2) is 4.79 Å². The molecule has 0 amide bonds. The van der Waals surface area contributed by atoms with Crippen molar-refractivity contribution in [1.29, 1.82) is 0 Å². The van der Waals surface area contributed by atoms with Crippen LogP contribution in [0.25, 0.3) is 33.7 Å². The maximum absolute atomic E-state index is 12.5. The van der Waals surface area contributed by atoms with Gasteiger partial charge in [-0.3, -0.25) is 9.48 Å². The summed E-state index contributed by atoms with van der Waals surface area (Å²) in [5.74, 6) is -1.22. The smallest absolute Gasteiger partial charge is 0.341 e. The number of hydrogen-bond donors (Lipinski definition) is 1. The van der Waals surface area contributed by atoms with Crippen LogP contribution in [0.5, 0.6) is 0 Å². The largest absolute Gasteiger partial charge is 0.477 e. The summed E-state index contributed by atoms with van der Waals surface area (Å²) in [6.45, 7) is 6.85. The van der Waals surface area contributed by atoms with Crippen LogP contribution in [0.4, 0.5) is 0 Å². The summed E-state index contributed by atoms with van der Waals surface area (Å²) in [6.07, 6.45) is 1.47. The van der Waals surface area contributed by atoms with E-state index in [4.69, 9.17) is 5.10 Å². The fourth-order valence-corrected chi connectivity index (χ4v) is 4.57. The predicted octanol–water partition coefficient (Wildman–Crippen LogP) is 3.68. The number of carboxylic acids is 1. The Morgan fingerprint density at radius 3 is 2.73 bits per heavy atom. The molecule has 9 heteroatoms. The maximum atomic E-state index is 12.5. The van der Waals surface area contributed by atoms with Gasteiger partial charge in [0.05, 0.1) is 41.4 Å². The Balaban J connectivity index is 1.75. The van der Waals surface area contributed by atoms with Gasteiger partial charge in [0.15, 0.2) is 5.43 Å². The molecule has 0 bridgehead atoms. The fourth-order valence-electron chi connectivity index (χ4n) is 4.02. The molecular weight excluding hydrogens is 402 g/mol. The molecule has 8 nitrogen and oxygen atoms in total. The molecular formula is C21H19N5O3S. The van der Waals surface area contributed by atoms with Gasteiger partial charge in [0, 0.05) is 17.8 Å². The molecule has 0 fully saturated rings. The molecule has 0 radical (unpaired) electrons. The second-order valence-corrected chi connectivity index (χ2v) is 9.09. The summed E-state index contributed by atoms with van der Waals surface area (Å²) in [6, 6.07) is 9.06. The minimum atomic E-state index is -1.22. The number of benzene rings is 1. The van der Waals surface area contributed by atoms with Crippen molar-refractivity contribution in [2.24, 2.45) is 5.41 Å². The van der Waals surface area contributed by atoms with E-state index < -0.39 is 11.4 Å². The standard InChI is InChI=1S/C21H19N5O3S/c1-21(2,3)18-10-26-16(15-8-17(27)12(20(28)29)9-25(15)18)7-14(22-26)11-5-4-6-13-19(11)24-30-23-13/h4-9,18H,10H2,1-3H3,(H,28,29)/t18-/m0/s1. The topological polar surface area (TPSA) is 103 Å². The normalized spacial score (nSPS) is 15.8. The average molecular weight is 421 g/mol. The Labute approximate surface area is 175 Å². The second-order valence-electron chi connectivity index (χ2n) is 8.57. The van der Waals surface area contributed by atoms with E-state index in [1.54, 1.807) is 0 Å². The van der Waals surface area contributed by atoms with E-state index in [9.17, 15) is 14.7 Å². The average Bonchev–Trinajstić information content (AvgIpc) is 3.32. The first-order chi connectivity index (χ1) is 14.2. The summed E-state index contributed by atoms with van der Waals surface area (Å²) in [5, 5.41) is 14.3. The van der Waals surface area contributed by atoms with Crippen molar-refractivity contribution in [2.45, 2.75) is 33.4 Å². The van der Waals surface area contributed by atoms with E-state index in [-0.39, 0.29) is 17.0 Å². The van der Waals surface area contributed by atoms with Crippen molar-refractivity contribution < 1.29 is 9.90 Å². The number of rotatable bonds is 2. The Bertz CT molecular complexity index is 1380. The van der Waals surface area contributed by atoms with Crippen LogP contribution in [0, 0.1) is 5.41 Å². The molecule has 0 saturated carbocycles. The Morgan fingerprint density at radius 2 is 2.00 bits per heavy atom. The molecule has 1 aliphatic heterocycles. The van der Waals surface area contributed by atoms with E-state index in [0.29, 0.717) is 12.2 Å². The monoisotopic (exact) mass is 421 g/mol. The van der Waals surface area contributed by atoms with Gasteiger partial charge < -0.3 is 9.67 Å². The molecule has 4 heterocycles. The fraction of sp³-hybridized carbons (Fsp3) is 0.286. The quantitative estimate of drug-likeness (QED) is 0.530. The lowest BCUT2D eigenvalue weighted by Crippen LogP contribution is -2.35. The zero-order valence-electron chi connectivity index (χ0n) is 16.7. The predicted molar refractivity (Wildman–Crippen MR) is 114 cm³/mol. The third-order valence-corrected chi connectivity index (χ3v) is 6.14. The van der Waals surface area contributed by atoms with Gasteiger partial charge in [-0.1, -0.05) is 32.9 Å². The number of aromatic carboxylic acids is 1. The van der Waals surface area contributed by atoms with Crippen LogP contribution in [0.1, 0.15) is 37.2 Å². The highest BCUT2D eigenvalue weighted by atomic mass is 32.1. The van der Waals surface area contributed by atoms with Crippen molar-refractivity contribution in [3.05, 3.63) is 52.3 Å². The second kappa shape index (κ2) is 6.33. The van der Waals surface area contributed by atoms with Crippen LogP contribution in [0.2, 0.25) is 0 Å². The minimum absolute atomic E-state index is 0.0665. The van der Waals surface area contributed by atoms with Crippen LogP contribution in [-0.2, 0) is 6.54 Å². The van der Waals surface area contributed by atoms with E-state index in [1.807, 2.05) is 33.5 Å². The number of fused-ring (bicyclic) bond motifs is 4. The summed E-state index contributed by atoms with van der Waals surface area (Å²) >= 11 is 1.16. The molecule has 152 valence electrons. The van der Waals surface area contributed by atoms with E-state index in [1.165, 1.54) is 12.3 Å². The van der Waals surface area contributed by atoms with Gasteiger partial charge in [-0.05, 0) is 17.5 Å². The molecule has 0 aliphatic carbocycles. The molecule has 1 N–H and O–H groups in total. The summed E-state index contributed by atoms with van der Waals surface area (Å²) in [4.78, 5) is 24.0. The van der Waals surface area contributed by atoms with Crippen molar-refractivity contribution in [3.8, 4) is 22.6 Å². The van der Waals surface area contributed by atoms with Gasteiger partial charge in [0.1, 0.15) is 16.6 Å². The molecule has 1 aliphatic rings. The zero-order chi connectivity index (χ0) is 21.2. The maximum Gasteiger partial charge on any atom is 0.341 e. The lowest BCUT2D eigenvalue weighted by atomic mass is 9.85. The molecule has 3 aromatic heterocycles. The Morgan fingerprint density at radius 1 is 1.20 bits per heavy atom. The summed E-state index contributed by atoms with van der Waals surface area (Å²) in [5.41, 5.74) is 3.77. The molecule has 5 rings (SSSR count). The molecule has 1 atom stereocenters. The highest BCUT2D eigenvalue weighted by Gasteiger charge is 2.34. The molecule has 30 heavy (non-hydrogen) atoms. The number of aromatic nitrogens is 5. The van der Waals surface area contributed by atoms with Gasteiger partial charge >= 0.3 is 5.97 Å². The van der Waals surface area contributed by atoms with Gasteiger partial charge in [0.2, 0.25) is 0 Å². The van der Waals surface area contributed by atoms with Crippen molar-refractivity contribution in [1.82, 2.24) is 23.1 Å². The minimum Gasteiger partial charge on any atom is -0.477 e. The van der Waals surface area contributed by atoms with Gasteiger partial charge in [-0.2, -0.15) is 13.8 Å². The molecule has 1 aromatic carbocycles. The van der Waals surface area contributed by atoms with Crippen LogP contribution >= 0.6 is 11.7 Å². The first-order valence-electron chi connectivity index (χ1n) is 9.53. The lowest BCUT2D eigenvalue weighted by molar-refractivity contribution is 0.0693. The van der Waals surface area contributed by atoms with Crippen LogP contribution in [-0.4, -0.2) is 34.2 Å². The zero-order valence-corrected chi connectivity index (χ0v) is 17.5. The first-order valence-corrected chi connectivity index (χ1v) is 10.3. The number of nitrogens with zero attached hydrogens (tertiary/aromatic N) is 5. The third-order valence-electron chi connectivity index (χ3n) is 5.60. The van der Waals surface area contributed by atoms with Crippen molar-refractivity contribution in [2.75, 3.05) is 0 Å². The SMILES string of the molecule is CC(C)(C)[C@@H]1Cn2nc(-c3cccc4nsnc34)cc2-c2cc(=O)c(C(=O)O)cn21. The lowest BCUT2D eigenvalue weighted by Gasteiger charge is -2.38. The van der Waals surface area contributed by atoms with Gasteiger partial charge in [-0.15, -0.1) is 0 Å². The van der Waals surface area contributed by atoms with Crippen LogP contribution in [0.3, 0.4) is 0 Å². The number of carboxylic acid groups (broad SMARTS) is 1. The van der Waals surface area contributed by atoms with Crippen molar-refractivity contribution in [3.63, 3.8) is 0 Å². The highest BCUT2D eigenvalue weighted by molar-refractivity contribution is 7.00.